The fourth-order valence-electron chi connectivity index (χ4n) is 8.06. The van der Waals surface area contributed by atoms with Crippen molar-refractivity contribution in [2.24, 2.45) is 28.4 Å². The molecule has 5 rings (SSSR count). The zero-order valence-electron chi connectivity index (χ0n) is 23.0. The lowest BCUT2D eigenvalue weighted by molar-refractivity contribution is -0.322. The van der Waals surface area contributed by atoms with E-state index in [1.54, 1.807) is 0 Å². The molecule has 1 spiro atoms. The largest absolute Gasteiger partial charge is 0.393 e. The Balaban J connectivity index is 1.58. The molecule has 1 aromatic carbocycles. The number of nitrogens with two attached hydrogens (primary N) is 1. The van der Waals surface area contributed by atoms with Crippen LogP contribution < -0.4 is 5.73 Å². The van der Waals surface area contributed by atoms with Crippen LogP contribution >= 0.6 is 0 Å². The minimum atomic E-state index is -0.891. The molecular weight excluding hydrogens is 450 g/mol. The lowest BCUT2D eigenvalue weighted by Gasteiger charge is -2.58. The molecule has 1 heterocycles. The topological polar surface area (TPSA) is 84.9 Å². The highest BCUT2D eigenvalue weighted by atomic mass is 16.7. The van der Waals surface area contributed by atoms with Crippen molar-refractivity contribution in [3.8, 4) is 0 Å². The van der Waals surface area contributed by atoms with Crippen molar-refractivity contribution in [1.29, 1.82) is 0 Å². The Labute approximate surface area is 217 Å². The second kappa shape index (κ2) is 9.20. The van der Waals surface area contributed by atoms with Gasteiger partial charge in [0.25, 0.3) is 0 Å². The lowest BCUT2D eigenvalue weighted by atomic mass is 9.49. The number of fused-ring (bicyclic) bond motifs is 2. The van der Waals surface area contributed by atoms with E-state index in [1.807, 2.05) is 6.92 Å². The number of ether oxygens (including phenoxy) is 2. The molecule has 4 N–H and O–H groups in total. The predicted molar refractivity (Wildman–Crippen MR) is 142 cm³/mol. The normalized spacial score (nSPS) is 38.4. The average Bonchev–Trinajstić information content (AvgIpc) is 2.85. The first kappa shape index (κ1) is 26.4. The molecule has 4 aliphatic rings. The van der Waals surface area contributed by atoms with Gasteiger partial charge in [-0.1, -0.05) is 64.0 Å². The summed E-state index contributed by atoms with van der Waals surface area (Å²) < 4.78 is 12.7. The fraction of sp³-hybridized carbons (Fsp3) is 0.742. The SMILES string of the molecule is CCC1C2CCC3(O)CC4(CCC3=C2C(c2ccc(CN)cc2)CC1(C)C(C)O)OCC(C)(C)CO4. The highest BCUT2D eigenvalue weighted by Gasteiger charge is 2.58. The van der Waals surface area contributed by atoms with Gasteiger partial charge >= 0.3 is 0 Å². The van der Waals surface area contributed by atoms with Gasteiger partial charge in [0.2, 0.25) is 0 Å². The number of benzene rings is 1. The summed E-state index contributed by atoms with van der Waals surface area (Å²) >= 11 is 0. The summed E-state index contributed by atoms with van der Waals surface area (Å²) in [7, 11) is 0. The predicted octanol–water partition coefficient (Wildman–Crippen LogP) is 5.44. The lowest BCUT2D eigenvalue weighted by Crippen LogP contribution is -2.58. The number of hydrogen-bond donors (Lipinski definition) is 3. The number of allylic oxidation sites excluding steroid dienone is 1. The summed E-state index contributed by atoms with van der Waals surface area (Å²) in [6.07, 6.45) is 5.33. The van der Waals surface area contributed by atoms with Crippen molar-refractivity contribution in [3.05, 3.63) is 46.5 Å². The van der Waals surface area contributed by atoms with E-state index < -0.39 is 11.4 Å². The van der Waals surface area contributed by atoms with Gasteiger partial charge in [-0.3, -0.25) is 0 Å². The van der Waals surface area contributed by atoms with Crippen LogP contribution in [0, 0.1) is 22.7 Å². The molecule has 6 atom stereocenters. The molecule has 0 amide bonds. The van der Waals surface area contributed by atoms with Crippen LogP contribution in [0.15, 0.2) is 35.4 Å². The van der Waals surface area contributed by atoms with E-state index in [9.17, 15) is 10.2 Å². The van der Waals surface area contributed by atoms with E-state index in [-0.39, 0.29) is 22.9 Å². The molecule has 6 unspecified atom stereocenters. The highest BCUT2D eigenvalue weighted by molar-refractivity contribution is 5.43. The minimum Gasteiger partial charge on any atom is -0.393 e. The molecule has 1 saturated heterocycles. The second-order valence-corrected chi connectivity index (χ2v) is 13.3. The zero-order chi connectivity index (χ0) is 25.9. The molecule has 3 aliphatic carbocycles. The van der Waals surface area contributed by atoms with Gasteiger partial charge in [-0.2, -0.15) is 0 Å². The third kappa shape index (κ3) is 4.29. The Kier molecular flexibility index (Phi) is 6.74. The average molecular weight is 498 g/mol. The molecule has 3 fully saturated rings. The van der Waals surface area contributed by atoms with Crippen molar-refractivity contribution in [3.63, 3.8) is 0 Å². The van der Waals surface area contributed by atoms with Gasteiger partial charge in [-0.25, -0.2) is 0 Å². The number of hydrogen-bond acceptors (Lipinski definition) is 5. The first-order chi connectivity index (χ1) is 17.0. The van der Waals surface area contributed by atoms with Gasteiger partial charge in [0.05, 0.1) is 24.9 Å². The van der Waals surface area contributed by atoms with Crippen LogP contribution in [-0.4, -0.2) is 40.9 Å². The summed E-state index contributed by atoms with van der Waals surface area (Å²) in [6, 6.07) is 8.72. The second-order valence-electron chi connectivity index (χ2n) is 13.3. The first-order valence-corrected chi connectivity index (χ1v) is 14.2. The molecule has 0 bridgehead atoms. The third-order valence-corrected chi connectivity index (χ3v) is 10.3. The van der Waals surface area contributed by atoms with Gasteiger partial charge in [0, 0.05) is 30.7 Å². The van der Waals surface area contributed by atoms with E-state index in [0.717, 1.165) is 44.1 Å². The standard InChI is InChI=1S/C31H47NO4/c1-6-25-23-11-13-30(34)17-31(35-18-28(3,4)19-36-31)14-12-26(30)27(23)24(15-29(25,5)20(2)33)22-9-7-21(16-32)8-10-22/h7-10,20,23-25,33-34H,6,11-19,32H2,1-5H3. The molecule has 1 aliphatic heterocycles. The maximum absolute atomic E-state index is 12.2. The summed E-state index contributed by atoms with van der Waals surface area (Å²) in [5, 5.41) is 23.3. The maximum atomic E-state index is 12.2. The van der Waals surface area contributed by atoms with E-state index in [1.165, 1.54) is 16.7 Å². The van der Waals surface area contributed by atoms with Crippen LogP contribution in [0.3, 0.4) is 0 Å². The Morgan fingerprint density at radius 1 is 1.08 bits per heavy atom. The zero-order valence-corrected chi connectivity index (χ0v) is 23.0. The smallest absolute Gasteiger partial charge is 0.171 e. The molecule has 36 heavy (non-hydrogen) atoms. The third-order valence-electron chi connectivity index (χ3n) is 10.3. The summed E-state index contributed by atoms with van der Waals surface area (Å²) in [5.74, 6) is 0.279. The monoisotopic (exact) mass is 497 g/mol. The fourth-order valence-corrected chi connectivity index (χ4v) is 8.06. The van der Waals surface area contributed by atoms with E-state index >= 15 is 0 Å². The maximum Gasteiger partial charge on any atom is 0.171 e. The molecule has 5 nitrogen and oxygen atoms in total. The molecule has 1 aromatic rings. The Hall–Kier alpha value is -1.24. The van der Waals surface area contributed by atoms with E-state index in [0.29, 0.717) is 38.0 Å². The van der Waals surface area contributed by atoms with Gasteiger partial charge in [0.1, 0.15) is 0 Å². The van der Waals surface area contributed by atoms with Crippen LogP contribution in [0.5, 0.6) is 0 Å². The van der Waals surface area contributed by atoms with Crippen molar-refractivity contribution in [1.82, 2.24) is 0 Å². The summed E-state index contributed by atoms with van der Waals surface area (Å²) in [4.78, 5) is 0. The quantitative estimate of drug-likeness (QED) is 0.483. The molecule has 2 saturated carbocycles. The molecular formula is C31H47NO4. The molecule has 5 heteroatoms. The highest BCUT2D eigenvalue weighted by Crippen LogP contribution is 2.63. The molecule has 0 radical (unpaired) electrons. The Morgan fingerprint density at radius 2 is 1.75 bits per heavy atom. The molecule has 200 valence electrons. The van der Waals surface area contributed by atoms with Gasteiger partial charge in [-0.15, -0.1) is 0 Å². The van der Waals surface area contributed by atoms with Crippen LogP contribution in [0.2, 0.25) is 0 Å². The number of aliphatic hydroxyl groups is 2. The van der Waals surface area contributed by atoms with Gasteiger partial charge < -0.3 is 25.4 Å². The van der Waals surface area contributed by atoms with Crippen molar-refractivity contribution in [2.45, 2.75) is 110 Å². The van der Waals surface area contributed by atoms with Crippen molar-refractivity contribution in [2.75, 3.05) is 13.2 Å². The van der Waals surface area contributed by atoms with Crippen LogP contribution in [0.4, 0.5) is 0 Å². The van der Waals surface area contributed by atoms with E-state index in [4.69, 9.17) is 15.2 Å². The van der Waals surface area contributed by atoms with E-state index in [2.05, 4.69) is 52.0 Å². The molecule has 0 aromatic heterocycles. The summed E-state index contributed by atoms with van der Waals surface area (Å²) in [5.41, 5.74) is 9.92. The minimum absolute atomic E-state index is 0.00815. The van der Waals surface area contributed by atoms with Gasteiger partial charge in [-0.05, 0) is 66.6 Å². The Morgan fingerprint density at radius 3 is 2.33 bits per heavy atom. The van der Waals surface area contributed by atoms with Crippen molar-refractivity contribution < 1.29 is 19.7 Å². The van der Waals surface area contributed by atoms with Crippen LogP contribution in [-0.2, 0) is 16.0 Å². The van der Waals surface area contributed by atoms with Crippen LogP contribution in [0.25, 0.3) is 0 Å². The van der Waals surface area contributed by atoms with Gasteiger partial charge in [0.15, 0.2) is 5.79 Å². The summed E-state index contributed by atoms with van der Waals surface area (Å²) in [6.45, 7) is 12.7. The Bertz CT molecular complexity index is 988. The number of rotatable bonds is 4. The van der Waals surface area contributed by atoms with Crippen LogP contribution in [0.1, 0.15) is 96.6 Å². The number of aliphatic hydroxyl groups excluding tert-OH is 1. The van der Waals surface area contributed by atoms with Crippen molar-refractivity contribution >= 4 is 0 Å². The first-order valence-electron chi connectivity index (χ1n) is 14.2.